The Morgan fingerprint density at radius 1 is 1.29 bits per heavy atom. The van der Waals surface area contributed by atoms with Gasteiger partial charge >= 0.3 is 0 Å². The lowest BCUT2D eigenvalue weighted by Crippen LogP contribution is -2.21. The van der Waals surface area contributed by atoms with Gasteiger partial charge in [0.25, 0.3) is 0 Å². The first-order chi connectivity index (χ1) is 10.0. The zero-order chi connectivity index (χ0) is 15.4. The maximum absolute atomic E-state index is 6.47. The lowest BCUT2D eigenvalue weighted by Gasteiger charge is -2.27. The van der Waals surface area contributed by atoms with E-state index in [1.165, 1.54) is 4.88 Å². The van der Waals surface area contributed by atoms with Gasteiger partial charge in [-0.2, -0.15) is 0 Å². The summed E-state index contributed by atoms with van der Waals surface area (Å²) in [5.41, 5.74) is 2.30. The first kappa shape index (κ1) is 16.3. The summed E-state index contributed by atoms with van der Waals surface area (Å²) in [4.78, 5) is 3.62. The molecule has 0 aliphatic rings. The summed E-state index contributed by atoms with van der Waals surface area (Å²) in [5.74, 6) is 0. The highest BCUT2D eigenvalue weighted by molar-refractivity contribution is 7.10. The molecule has 2 rings (SSSR count). The third-order valence-electron chi connectivity index (χ3n) is 3.90. The standard InChI is InChI=1S/C17H23ClN2S/c1-5-19-12(2)15-9-8-14(11-16(15)18)20(4)13(3)17-7-6-10-21-17/h6-13,19H,5H2,1-4H3. The third-order valence-corrected chi connectivity index (χ3v) is 5.27. The van der Waals surface area contributed by atoms with Crippen LogP contribution >= 0.6 is 22.9 Å². The largest absolute Gasteiger partial charge is 0.367 e. The molecule has 4 heteroatoms. The minimum atomic E-state index is 0.275. The highest BCUT2D eigenvalue weighted by Crippen LogP contribution is 2.32. The average Bonchev–Trinajstić information content (AvgIpc) is 3.00. The summed E-state index contributed by atoms with van der Waals surface area (Å²) in [6, 6.07) is 11.2. The Bertz CT molecular complexity index is 568. The number of hydrogen-bond acceptors (Lipinski definition) is 3. The van der Waals surface area contributed by atoms with E-state index in [0.717, 1.165) is 22.8 Å². The number of rotatable bonds is 6. The Kier molecular flexibility index (Phi) is 5.68. The van der Waals surface area contributed by atoms with Gasteiger partial charge in [-0.05, 0) is 49.5 Å². The van der Waals surface area contributed by atoms with Gasteiger partial charge < -0.3 is 10.2 Å². The predicted molar refractivity (Wildman–Crippen MR) is 94.7 cm³/mol. The van der Waals surface area contributed by atoms with E-state index in [1.54, 1.807) is 11.3 Å². The number of benzene rings is 1. The summed E-state index contributed by atoms with van der Waals surface area (Å²) < 4.78 is 0. The van der Waals surface area contributed by atoms with Crippen molar-refractivity contribution in [3.63, 3.8) is 0 Å². The van der Waals surface area contributed by atoms with Crippen molar-refractivity contribution in [1.82, 2.24) is 5.32 Å². The molecule has 0 aliphatic heterocycles. The molecule has 0 aliphatic carbocycles. The van der Waals surface area contributed by atoms with Crippen LogP contribution in [0.3, 0.4) is 0 Å². The summed E-state index contributed by atoms with van der Waals surface area (Å²) in [7, 11) is 2.11. The van der Waals surface area contributed by atoms with Crippen molar-refractivity contribution in [3.05, 3.63) is 51.2 Å². The zero-order valence-corrected chi connectivity index (χ0v) is 14.6. The topological polar surface area (TPSA) is 15.3 Å². The van der Waals surface area contributed by atoms with Crippen molar-refractivity contribution >= 4 is 28.6 Å². The van der Waals surface area contributed by atoms with Gasteiger partial charge in [-0.3, -0.25) is 0 Å². The normalized spacial score (nSPS) is 14.0. The lowest BCUT2D eigenvalue weighted by molar-refractivity contribution is 0.598. The van der Waals surface area contributed by atoms with E-state index in [0.29, 0.717) is 6.04 Å². The molecule has 1 aromatic heterocycles. The van der Waals surface area contributed by atoms with Crippen molar-refractivity contribution in [2.24, 2.45) is 0 Å². The van der Waals surface area contributed by atoms with Gasteiger partial charge in [0.05, 0.1) is 6.04 Å². The number of thiophene rings is 1. The molecule has 0 saturated carbocycles. The third kappa shape index (κ3) is 3.79. The number of hydrogen-bond donors (Lipinski definition) is 1. The van der Waals surface area contributed by atoms with Crippen molar-refractivity contribution in [2.75, 3.05) is 18.5 Å². The summed E-state index contributed by atoms with van der Waals surface area (Å²) in [6.45, 7) is 7.40. The predicted octanol–water partition coefficient (Wildman–Crippen LogP) is 5.27. The molecule has 1 heterocycles. The van der Waals surface area contributed by atoms with Crippen LogP contribution in [0, 0.1) is 0 Å². The maximum Gasteiger partial charge on any atom is 0.0603 e. The molecule has 0 spiro atoms. The number of halogens is 1. The van der Waals surface area contributed by atoms with Gasteiger partial charge in [-0.1, -0.05) is 30.7 Å². The molecule has 1 N–H and O–H groups in total. The summed E-state index contributed by atoms with van der Waals surface area (Å²) in [5, 5.41) is 6.34. The van der Waals surface area contributed by atoms with E-state index in [2.05, 4.69) is 73.7 Å². The van der Waals surface area contributed by atoms with Crippen LogP contribution in [0.2, 0.25) is 5.02 Å². The van der Waals surface area contributed by atoms with Crippen LogP contribution in [0.4, 0.5) is 5.69 Å². The molecule has 2 nitrogen and oxygen atoms in total. The SMILES string of the molecule is CCNC(C)c1ccc(N(C)C(C)c2cccs2)cc1Cl. The zero-order valence-electron chi connectivity index (χ0n) is 13.1. The molecule has 2 unspecified atom stereocenters. The van der Waals surface area contributed by atoms with E-state index in [9.17, 15) is 0 Å². The second-order valence-corrected chi connectivity index (χ2v) is 6.67. The molecule has 1 aromatic carbocycles. The van der Waals surface area contributed by atoms with Crippen LogP contribution in [0.5, 0.6) is 0 Å². The van der Waals surface area contributed by atoms with Crippen molar-refractivity contribution in [2.45, 2.75) is 32.9 Å². The molecule has 0 radical (unpaired) electrons. The van der Waals surface area contributed by atoms with E-state index in [1.807, 2.05) is 0 Å². The van der Waals surface area contributed by atoms with Gasteiger partial charge in [0.15, 0.2) is 0 Å². The minimum Gasteiger partial charge on any atom is -0.367 e. The Labute approximate surface area is 136 Å². The van der Waals surface area contributed by atoms with Crippen LogP contribution in [0.25, 0.3) is 0 Å². The first-order valence-corrected chi connectivity index (χ1v) is 8.59. The van der Waals surface area contributed by atoms with E-state index in [-0.39, 0.29) is 6.04 Å². The smallest absolute Gasteiger partial charge is 0.0603 e. The van der Waals surface area contributed by atoms with Gasteiger partial charge in [-0.25, -0.2) is 0 Å². The summed E-state index contributed by atoms with van der Waals surface area (Å²) in [6.07, 6.45) is 0. The van der Waals surface area contributed by atoms with Gasteiger partial charge in [0.1, 0.15) is 0 Å². The average molecular weight is 323 g/mol. The second-order valence-electron chi connectivity index (χ2n) is 5.29. The van der Waals surface area contributed by atoms with E-state index >= 15 is 0 Å². The van der Waals surface area contributed by atoms with E-state index < -0.39 is 0 Å². The van der Waals surface area contributed by atoms with Gasteiger partial charge in [0, 0.05) is 28.7 Å². The van der Waals surface area contributed by atoms with Crippen LogP contribution in [0.1, 0.15) is 43.3 Å². The fraction of sp³-hybridized carbons (Fsp3) is 0.412. The Morgan fingerprint density at radius 3 is 2.62 bits per heavy atom. The van der Waals surface area contributed by atoms with Crippen LogP contribution in [-0.4, -0.2) is 13.6 Å². The van der Waals surface area contributed by atoms with Gasteiger partial charge in [-0.15, -0.1) is 11.3 Å². The fourth-order valence-electron chi connectivity index (χ4n) is 2.45. The molecule has 2 atom stereocenters. The molecule has 114 valence electrons. The highest BCUT2D eigenvalue weighted by atomic mass is 35.5. The van der Waals surface area contributed by atoms with E-state index in [4.69, 9.17) is 11.6 Å². The molecule has 21 heavy (non-hydrogen) atoms. The summed E-state index contributed by atoms with van der Waals surface area (Å²) >= 11 is 8.26. The van der Waals surface area contributed by atoms with Gasteiger partial charge in [0.2, 0.25) is 0 Å². The monoisotopic (exact) mass is 322 g/mol. The molecular weight excluding hydrogens is 300 g/mol. The van der Waals surface area contributed by atoms with Crippen LogP contribution in [0.15, 0.2) is 35.7 Å². The molecule has 0 amide bonds. The van der Waals surface area contributed by atoms with Crippen molar-refractivity contribution in [1.29, 1.82) is 0 Å². The Morgan fingerprint density at radius 2 is 2.05 bits per heavy atom. The Balaban J connectivity index is 2.19. The second kappa shape index (κ2) is 7.30. The number of anilines is 1. The highest BCUT2D eigenvalue weighted by Gasteiger charge is 2.15. The number of nitrogens with zero attached hydrogens (tertiary/aromatic N) is 1. The minimum absolute atomic E-state index is 0.275. The fourth-order valence-corrected chi connectivity index (χ4v) is 3.61. The maximum atomic E-state index is 6.47. The molecule has 2 aromatic rings. The van der Waals surface area contributed by atoms with Crippen LogP contribution < -0.4 is 10.2 Å². The Hall–Kier alpha value is -1.03. The van der Waals surface area contributed by atoms with Crippen molar-refractivity contribution < 1.29 is 0 Å². The molecule has 0 fully saturated rings. The first-order valence-electron chi connectivity index (χ1n) is 7.33. The lowest BCUT2D eigenvalue weighted by atomic mass is 10.1. The molecule has 0 bridgehead atoms. The van der Waals surface area contributed by atoms with Crippen molar-refractivity contribution in [3.8, 4) is 0 Å². The quantitative estimate of drug-likeness (QED) is 0.779. The van der Waals surface area contributed by atoms with Crippen LogP contribution in [-0.2, 0) is 0 Å². The number of nitrogens with one attached hydrogen (secondary N) is 1. The molecular formula is C17H23ClN2S. The molecule has 0 saturated heterocycles.